The van der Waals surface area contributed by atoms with Gasteiger partial charge in [0.2, 0.25) is 10.0 Å². The van der Waals surface area contributed by atoms with Crippen LogP contribution in [0.3, 0.4) is 0 Å². The molecule has 0 amide bonds. The Labute approximate surface area is 121 Å². The van der Waals surface area contributed by atoms with Gasteiger partial charge in [0.25, 0.3) is 0 Å². The van der Waals surface area contributed by atoms with Gasteiger partial charge in [-0.3, -0.25) is 0 Å². The normalized spacial score (nSPS) is 17.4. The largest absolute Gasteiger partial charge is 0.379 e. The molecule has 20 heavy (non-hydrogen) atoms. The van der Waals surface area contributed by atoms with Crippen LogP contribution in [0.1, 0.15) is 16.7 Å². The first-order valence-corrected chi connectivity index (χ1v) is 8.23. The summed E-state index contributed by atoms with van der Waals surface area (Å²) in [6.07, 6.45) is 0. The third kappa shape index (κ3) is 3.03. The lowest BCUT2D eigenvalue weighted by Gasteiger charge is -2.27. The average molecular weight is 298 g/mol. The highest BCUT2D eigenvalue weighted by molar-refractivity contribution is 7.89. The van der Waals surface area contributed by atoms with Gasteiger partial charge in [-0.1, -0.05) is 6.07 Å². The minimum absolute atomic E-state index is 0.412. The molecule has 0 aromatic heterocycles. The molecule has 6 heteroatoms. The molecule has 2 rings (SSSR count). The second kappa shape index (κ2) is 6.22. The zero-order chi connectivity index (χ0) is 14.8. The molecule has 1 saturated heterocycles. The molecule has 5 nitrogen and oxygen atoms in total. The van der Waals surface area contributed by atoms with Crippen LogP contribution in [0.5, 0.6) is 0 Å². The van der Waals surface area contributed by atoms with Crippen molar-refractivity contribution in [3.05, 3.63) is 28.8 Å². The monoisotopic (exact) mass is 298 g/mol. The van der Waals surface area contributed by atoms with Crippen LogP contribution >= 0.6 is 0 Å². The van der Waals surface area contributed by atoms with Crippen LogP contribution in [-0.4, -0.2) is 46.1 Å². The maximum Gasteiger partial charge on any atom is 0.243 e. The lowest BCUT2D eigenvalue weighted by atomic mass is 10.1. The van der Waals surface area contributed by atoms with E-state index in [4.69, 9.17) is 4.74 Å². The minimum Gasteiger partial charge on any atom is -0.379 e. The molecule has 0 radical (unpaired) electrons. The second-order valence-electron chi connectivity index (χ2n) is 5.09. The second-order valence-corrected chi connectivity index (χ2v) is 7.00. The summed E-state index contributed by atoms with van der Waals surface area (Å²) in [5, 5.41) is 3.07. The lowest BCUT2D eigenvalue weighted by Crippen LogP contribution is -2.40. The maximum absolute atomic E-state index is 12.7. The van der Waals surface area contributed by atoms with Gasteiger partial charge in [0.05, 0.1) is 18.1 Å². The summed E-state index contributed by atoms with van der Waals surface area (Å²) in [7, 11) is -1.57. The number of benzene rings is 1. The number of morpholine rings is 1. The minimum atomic E-state index is -3.42. The van der Waals surface area contributed by atoms with Crippen molar-refractivity contribution in [2.45, 2.75) is 25.3 Å². The van der Waals surface area contributed by atoms with Crippen molar-refractivity contribution in [1.82, 2.24) is 9.62 Å². The predicted molar refractivity (Wildman–Crippen MR) is 78.3 cm³/mol. The van der Waals surface area contributed by atoms with Crippen LogP contribution < -0.4 is 5.32 Å². The lowest BCUT2D eigenvalue weighted by molar-refractivity contribution is 0.0730. The Bertz CT molecular complexity index is 578. The van der Waals surface area contributed by atoms with Gasteiger partial charge in [-0.25, -0.2) is 8.42 Å². The summed E-state index contributed by atoms with van der Waals surface area (Å²) in [6.45, 7) is 6.31. The Morgan fingerprint density at radius 1 is 1.20 bits per heavy atom. The standard InChI is InChI=1S/C14H22N2O3S/c1-11-8-12(2)14(9-13(11)10-15-3)20(17,18)16-4-6-19-7-5-16/h8-9,15H,4-7,10H2,1-3H3. The number of hydrogen-bond acceptors (Lipinski definition) is 4. The Balaban J connectivity index is 2.42. The van der Waals surface area contributed by atoms with Gasteiger partial charge in [-0.2, -0.15) is 4.31 Å². The fraction of sp³-hybridized carbons (Fsp3) is 0.571. The third-order valence-electron chi connectivity index (χ3n) is 3.59. The molecule has 1 aromatic rings. The molecule has 1 heterocycles. The van der Waals surface area contributed by atoms with Crippen LogP contribution in [0.2, 0.25) is 0 Å². The summed E-state index contributed by atoms with van der Waals surface area (Å²) in [5.41, 5.74) is 2.93. The van der Waals surface area contributed by atoms with E-state index in [1.54, 1.807) is 6.07 Å². The van der Waals surface area contributed by atoms with E-state index in [1.807, 2.05) is 27.0 Å². The molecular formula is C14H22N2O3S. The Morgan fingerprint density at radius 2 is 1.85 bits per heavy atom. The highest BCUT2D eigenvalue weighted by Gasteiger charge is 2.28. The highest BCUT2D eigenvalue weighted by atomic mass is 32.2. The molecular weight excluding hydrogens is 276 g/mol. The number of aryl methyl sites for hydroxylation is 2. The van der Waals surface area contributed by atoms with E-state index in [9.17, 15) is 8.42 Å². The van der Waals surface area contributed by atoms with Crippen LogP contribution in [0.4, 0.5) is 0 Å². The predicted octanol–water partition coefficient (Wildman–Crippen LogP) is 1.04. The Morgan fingerprint density at radius 3 is 2.45 bits per heavy atom. The van der Waals surface area contributed by atoms with Gasteiger partial charge in [0.15, 0.2) is 0 Å². The topological polar surface area (TPSA) is 58.6 Å². The summed E-state index contributed by atoms with van der Waals surface area (Å²) in [5.74, 6) is 0. The quantitative estimate of drug-likeness (QED) is 0.902. The van der Waals surface area contributed by atoms with Crippen LogP contribution in [0, 0.1) is 13.8 Å². The first kappa shape index (κ1) is 15.4. The van der Waals surface area contributed by atoms with Gasteiger partial charge in [-0.15, -0.1) is 0 Å². The van der Waals surface area contributed by atoms with Gasteiger partial charge >= 0.3 is 0 Å². The van der Waals surface area contributed by atoms with Gasteiger partial charge < -0.3 is 10.1 Å². The molecule has 0 spiro atoms. The molecule has 0 aliphatic carbocycles. The van der Waals surface area contributed by atoms with Gasteiger partial charge in [0, 0.05) is 19.6 Å². The maximum atomic E-state index is 12.7. The molecule has 0 unspecified atom stereocenters. The first-order valence-electron chi connectivity index (χ1n) is 6.79. The van der Waals surface area contributed by atoms with E-state index in [2.05, 4.69) is 5.32 Å². The van der Waals surface area contributed by atoms with Crippen LogP contribution in [-0.2, 0) is 21.3 Å². The molecule has 1 aromatic carbocycles. The third-order valence-corrected chi connectivity index (χ3v) is 5.63. The molecule has 0 bridgehead atoms. The van der Waals surface area contributed by atoms with Crippen LogP contribution in [0.25, 0.3) is 0 Å². The molecule has 0 atom stereocenters. The zero-order valence-electron chi connectivity index (χ0n) is 12.3. The van der Waals surface area contributed by atoms with E-state index < -0.39 is 10.0 Å². The number of nitrogens with zero attached hydrogens (tertiary/aromatic N) is 1. The van der Waals surface area contributed by atoms with Crippen molar-refractivity contribution in [3.8, 4) is 0 Å². The molecule has 1 aliphatic rings. The SMILES string of the molecule is CNCc1cc(S(=O)(=O)N2CCOCC2)c(C)cc1C. The van der Waals surface area contributed by atoms with E-state index >= 15 is 0 Å². The van der Waals surface area contributed by atoms with Crippen molar-refractivity contribution in [3.63, 3.8) is 0 Å². The summed E-state index contributed by atoms with van der Waals surface area (Å²) in [4.78, 5) is 0.412. The molecule has 0 saturated carbocycles. The molecule has 1 N–H and O–H groups in total. The van der Waals surface area contributed by atoms with Crippen LogP contribution in [0.15, 0.2) is 17.0 Å². The van der Waals surface area contributed by atoms with Crippen molar-refractivity contribution >= 4 is 10.0 Å². The summed E-state index contributed by atoms with van der Waals surface area (Å²) >= 11 is 0. The Kier molecular flexibility index (Phi) is 4.80. The molecule has 1 aliphatic heterocycles. The molecule has 1 fully saturated rings. The fourth-order valence-electron chi connectivity index (χ4n) is 2.46. The van der Waals surface area contributed by atoms with Crippen molar-refractivity contribution in [1.29, 1.82) is 0 Å². The average Bonchev–Trinajstić information content (AvgIpc) is 2.42. The number of hydrogen-bond donors (Lipinski definition) is 1. The number of rotatable bonds is 4. The Hall–Kier alpha value is -0.950. The number of sulfonamides is 1. The van der Waals surface area contributed by atoms with E-state index in [-0.39, 0.29) is 0 Å². The smallest absolute Gasteiger partial charge is 0.243 e. The zero-order valence-corrected chi connectivity index (χ0v) is 13.1. The number of ether oxygens (including phenoxy) is 1. The molecule has 112 valence electrons. The summed E-state index contributed by atoms with van der Waals surface area (Å²) in [6, 6.07) is 3.74. The van der Waals surface area contributed by atoms with E-state index in [0.29, 0.717) is 37.7 Å². The number of nitrogens with one attached hydrogen (secondary N) is 1. The highest BCUT2D eigenvalue weighted by Crippen LogP contribution is 2.24. The van der Waals surface area contributed by atoms with Crippen molar-refractivity contribution < 1.29 is 13.2 Å². The van der Waals surface area contributed by atoms with Crippen molar-refractivity contribution in [2.24, 2.45) is 0 Å². The summed E-state index contributed by atoms with van der Waals surface area (Å²) < 4.78 is 32.2. The van der Waals surface area contributed by atoms with Gasteiger partial charge in [-0.05, 0) is 43.7 Å². The fourth-order valence-corrected chi connectivity index (χ4v) is 4.12. The first-order chi connectivity index (χ1) is 9.46. The van der Waals surface area contributed by atoms with Crippen molar-refractivity contribution in [2.75, 3.05) is 33.4 Å². The van der Waals surface area contributed by atoms with E-state index in [0.717, 1.165) is 16.7 Å². The van der Waals surface area contributed by atoms with Gasteiger partial charge in [0.1, 0.15) is 0 Å². The van der Waals surface area contributed by atoms with E-state index in [1.165, 1.54) is 4.31 Å².